The summed E-state index contributed by atoms with van der Waals surface area (Å²) in [5.74, 6) is 2.91. The van der Waals surface area contributed by atoms with Gasteiger partial charge in [0.25, 0.3) is 0 Å². The Bertz CT molecular complexity index is 302. The van der Waals surface area contributed by atoms with E-state index in [4.69, 9.17) is 0 Å². The number of rotatable bonds is 10. The van der Waals surface area contributed by atoms with Crippen molar-refractivity contribution >= 4 is 37.9 Å². The van der Waals surface area contributed by atoms with Crippen molar-refractivity contribution in [2.75, 3.05) is 17.3 Å². The Balaban J connectivity index is 2.94. The quantitative estimate of drug-likeness (QED) is 0.494. The molecule has 1 aromatic rings. The van der Waals surface area contributed by atoms with Crippen LogP contribution in [0, 0.1) is 0 Å². The molecule has 1 aromatic carbocycles. The van der Waals surface area contributed by atoms with Gasteiger partial charge in [0.15, 0.2) is 0 Å². The average Bonchev–Trinajstić information content (AvgIpc) is 2.48. The molecule has 0 bridgehead atoms. The van der Waals surface area contributed by atoms with Gasteiger partial charge in [0, 0.05) is 0 Å². The highest BCUT2D eigenvalue weighted by Gasteiger charge is 2.30. The molecule has 0 spiro atoms. The largest absolute Gasteiger partial charge is 0.179 e. The third-order valence-electron chi connectivity index (χ3n) is 3.83. The van der Waals surface area contributed by atoms with Gasteiger partial charge in [-0.05, 0) is 66.8 Å². The monoisotopic (exact) mass is 314 g/mol. The van der Waals surface area contributed by atoms with Gasteiger partial charge in [-0.25, -0.2) is 0 Å². The summed E-state index contributed by atoms with van der Waals surface area (Å²) < 4.78 is 0. The second kappa shape index (κ2) is 10.1. The summed E-state index contributed by atoms with van der Waals surface area (Å²) in [6.07, 6.45) is 7.21. The lowest BCUT2D eigenvalue weighted by Gasteiger charge is -2.35. The van der Waals surface area contributed by atoms with Crippen LogP contribution in [0.15, 0.2) is 30.3 Å². The first kappa shape index (κ1) is 17.3. The van der Waals surface area contributed by atoms with Crippen molar-refractivity contribution in [2.45, 2.75) is 43.9 Å². The molecule has 0 aliphatic heterocycles. The zero-order valence-electron chi connectivity index (χ0n) is 11.6. The van der Waals surface area contributed by atoms with E-state index in [1.807, 2.05) is 0 Å². The molecule has 0 N–H and O–H groups in total. The number of thiol groups is 3. The maximum Gasteiger partial charge on any atom is -0.00461 e. The topological polar surface area (TPSA) is 0 Å². The number of benzene rings is 1. The Morgan fingerprint density at radius 3 is 1.47 bits per heavy atom. The van der Waals surface area contributed by atoms with Crippen molar-refractivity contribution in [1.82, 2.24) is 0 Å². The molecule has 108 valence electrons. The molecule has 0 aliphatic rings. The van der Waals surface area contributed by atoms with Gasteiger partial charge in [0.1, 0.15) is 0 Å². The minimum atomic E-state index is 0.301. The molecule has 0 saturated carbocycles. The van der Waals surface area contributed by atoms with Gasteiger partial charge in [-0.3, -0.25) is 0 Å². The normalized spacial score (nSPS) is 11.7. The second-order valence-electron chi connectivity index (χ2n) is 5.13. The first-order valence-corrected chi connectivity index (χ1v) is 9.07. The van der Waals surface area contributed by atoms with E-state index in [0.717, 1.165) is 17.3 Å². The first-order chi connectivity index (χ1) is 9.29. The molecule has 1 rings (SSSR count). The third-order valence-corrected chi connectivity index (χ3v) is 4.78. The standard InChI is InChI=1S/C16H26S3/c17-12-4-9-16(10-5-13-18,11-6-14-19)15-7-2-1-3-8-15/h1-3,7-8,17-19H,4-6,9-14H2. The Kier molecular flexibility index (Phi) is 9.17. The summed E-state index contributed by atoms with van der Waals surface area (Å²) in [5, 5.41) is 0. The van der Waals surface area contributed by atoms with Crippen LogP contribution in [-0.4, -0.2) is 17.3 Å². The molecule has 0 saturated heterocycles. The lowest BCUT2D eigenvalue weighted by atomic mass is 9.70. The highest BCUT2D eigenvalue weighted by molar-refractivity contribution is 7.80. The van der Waals surface area contributed by atoms with Crippen LogP contribution in [-0.2, 0) is 5.41 Å². The SMILES string of the molecule is SCCCC(CCCS)(CCCS)c1ccccc1. The van der Waals surface area contributed by atoms with Crippen LogP contribution in [0.2, 0.25) is 0 Å². The van der Waals surface area contributed by atoms with Crippen LogP contribution in [0.1, 0.15) is 44.1 Å². The molecule has 0 atom stereocenters. The van der Waals surface area contributed by atoms with E-state index >= 15 is 0 Å². The number of hydrogen-bond donors (Lipinski definition) is 3. The zero-order valence-corrected chi connectivity index (χ0v) is 14.3. The fourth-order valence-electron chi connectivity index (χ4n) is 2.85. The molecule has 0 nitrogen and oxygen atoms in total. The van der Waals surface area contributed by atoms with Gasteiger partial charge in [0.2, 0.25) is 0 Å². The second-order valence-corrected chi connectivity index (χ2v) is 6.47. The van der Waals surface area contributed by atoms with Crippen molar-refractivity contribution in [3.05, 3.63) is 35.9 Å². The Hall–Kier alpha value is 0.270. The van der Waals surface area contributed by atoms with E-state index < -0.39 is 0 Å². The van der Waals surface area contributed by atoms with E-state index in [2.05, 4.69) is 68.2 Å². The van der Waals surface area contributed by atoms with Crippen LogP contribution < -0.4 is 0 Å². The van der Waals surface area contributed by atoms with Gasteiger partial charge < -0.3 is 0 Å². The van der Waals surface area contributed by atoms with Crippen molar-refractivity contribution < 1.29 is 0 Å². The predicted octanol–water partition coefficient (Wildman–Crippen LogP) is 5.05. The highest BCUT2D eigenvalue weighted by atomic mass is 32.1. The molecule has 19 heavy (non-hydrogen) atoms. The van der Waals surface area contributed by atoms with E-state index in [1.54, 1.807) is 0 Å². The lowest BCUT2D eigenvalue weighted by Crippen LogP contribution is -2.27. The maximum atomic E-state index is 4.40. The molecule has 0 aromatic heterocycles. The van der Waals surface area contributed by atoms with Crippen molar-refractivity contribution in [2.24, 2.45) is 0 Å². The van der Waals surface area contributed by atoms with Gasteiger partial charge in [0.05, 0.1) is 0 Å². The molecule has 0 radical (unpaired) electrons. The van der Waals surface area contributed by atoms with E-state index in [-0.39, 0.29) is 0 Å². The summed E-state index contributed by atoms with van der Waals surface area (Å²) in [4.78, 5) is 0. The zero-order chi connectivity index (χ0) is 14.0. The summed E-state index contributed by atoms with van der Waals surface area (Å²) in [6, 6.07) is 11.0. The fraction of sp³-hybridized carbons (Fsp3) is 0.625. The van der Waals surface area contributed by atoms with Crippen molar-refractivity contribution in [3.8, 4) is 0 Å². The smallest absolute Gasteiger partial charge is 0.00461 e. The lowest BCUT2D eigenvalue weighted by molar-refractivity contribution is 0.330. The highest BCUT2D eigenvalue weighted by Crippen LogP contribution is 2.39. The molecule has 3 heteroatoms. The van der Waals surface area contributed by atoms with Crippen LogP contribution in [0.5, 0.6) is 0 Å². The van der Waals surface area contributed by atoms with Crippen molar-refractivity contribution in [1.29, 1.82) is 0 Å². The third kappa shape index (κ3) is 5.65. The minimum absolute atomic E-state index is 0.301. The Morgan fingerprint density at radius 2 is 1.11 bits per heavy atom. The molecule has 0 heterocycles. The van der Waals surface area contributed by atoms with Crippen molar-refractivity contribution in [3.63, 3.8) is 0 Å². The molecule has 0 unspecified atom stereocenters. The Morgan fingerprint density at radius 1 is 0.684 bits per heavy atom. The first-order valence-electron chi connectivity index (χ1n) is 7.17. The van der Waals surface area contributed by atoms with Gasteiger partial charge in [-0.15, -0.1) is 0 Å². The fourth-order valence-corrected chi connectivity index (χ4v) is 3.33. The van der Waals surface area contributed by atoms with E-state index in [0.29, 0.717) is 5.41 Å². The molecule has 0 aliphatic carbocycles. The van der Waals surface area contributed by atoms with Crippen LogP contribution in [0.25, 0.3) is 0 Å². The van der Waals surface area contributed by atoms with Crippen LogP contribution in [0.3, 0.4) is 0 Å². The van der Waals surface area contributed by atoms with Gasteiger partial charge >= 0.3 is 0 Å². The van der Waals surface area contributed by atoms with E-state index in [1.165, 1.54) is 44.1 Å². The summed E-state index contributed by atoms with van der Waals surface area (Å²) >= 11 is 13.2. The Labute approximate surface area is 135 Å². The minimum Gasteiger partial charge on any atom is -0.179 e. The van der Waals surface area contributed by atoms with Gasteiger partial charge in [-0.1, -0.05) is 30.3 Å². The number of hydrogen-bond acceptors (Lipinski definition) is 3. The van der Waals surface area contributed by atoms with Crippen LogP contribution >= 0.6 is 37.9 Å². The molecule has 0 fully saturated rings. The summed E-state index contributed by atoms with van der Waals surface area (Å²) in [7, 11) is 0. The summed E-state index contributed by atoms with van der Waals surface area (Å²) in [6.45, 7) is 0. The predicted molar refractivity (Wildman–Crippen MR) is 97.4 cm³/mol. The molecular formula is C16H26S3. The molecular weight excluding hydrogens is 288 g/mol. The average molecular weight is 315 g/mol. The summed E-state index contributed by atoms with van der Waals surface area (Å²) in [5.41, 5.74) is 1.79. The van der Waals surface area contributed by atoms with E-state index in [9.17, 15) is 0 Å². The molecule has 0 amide bonds. The van der Waals surface area contributed by atoms with Gasteiger partial charge in [-0.2, -0.15) is 37.9 Å². The maximum absolute atomic E-state index is 4.40. The van der Waals surface area contributed by atoms with Crippen LogP contribution in [0.4, 0.5) is 0 Å².